The standard InChI is InChI=1S/C23H22N4O/c1-2-6-19(7-3-1)27-13-10-18(17-23(27)26-14-11-24-12-15-26)16-22-25-20-8-4-5-9-21(20)28-22/h1-10,13,16-17,24H,11-12,14-15H2. The number of benzene rings is 2. The average Bonchev–Trinajstić information content (AvgIpc) is 3.17. The molecular formula is C23H22N4O. The van der Waals surface area contributed by atoms with Crippen molar-refractivity contribution in [3.8, 4) is 0 Å². The van der Waals surface area contributed by atoms with E-state index in [1.54, 1.807) is 0 Å². The molecule has 2 aliphatic heterocycles. The summed E-state index contributed by atoms with van der Waals surface area (Å²) in [6.45, 7) is 3.96. The number of anilines is 1. The third-order valence-corrected chi connectivity index (χ3v) is 5.03. The van der Waals surface area contributed by atoms with Gasteiger partial charge in [0.05, 0.1) is 0 Å². The fourth-order valence-corrected chi connectivity index (χ4v) is 3.63. The van der Waals surface area contributed by atoms with Crippen LogP contribution in [-0.4, -0.2) is 36.1 Å². The fraction of sp³-hybridized carbons (Fsp3) is 0.174. The largest absolute Gasteiger partial charge is 0.437 e. The minimum Gasteiger partial charge on any atom is -0.437 e. The first kappa shape index (κ1) is 16.8. The number of aromatic nitrogens is 1. The Morgan fingerprint density at radius 3 is 2.57 bits per heavy atom. The lowest BCUT2D eigenvalue weighted by molar-refractivity contribution is 0.294. The summed E-state index contributed by atoms with van der Waals surface area (Å²) < 4.78 is 5.88. The van der Waals surface area contributed by atoms with Crippen molar-refractivity contribution in [2.24, 2.45) is 0 Å². The smallest absolute Gasteiger partial charge is 0.220 e. The van der Waals surface area contributed by atoms with Crippen molar-refractivity contribution < 1.29 is 4.42 Å². The number of rotatable bonds is 3. The van der Waals surface area contributed by atoms with Crippen molar-refractivity contribution in [2.75, 3.05) is 31.1 Å². The number of nitrogens with zero attached hydrogens (tertiary/aromatic N) is 3. The summed E-state index contributed by atoms with van der Waals surface area (Å²) >= 11 is 0. The third kappa shape index (κ3) is 3.32. The monoisotopic (exact) mass is 370 g/mol. The first-order chi connectivity index (χ1) is 13.9. The highest BCUT2D eigenvalue weighted by molar-refractivity contribution is 5.74. The van der Waals surface area contributed by atoms with E-state index in [2.05, 4.69) is 62.7 Å². The van der Waals surface area contributed by atoms with E-state index in [1.165, 1.54) is 5.82 Å². The first-order valence-electron chi connectivity index (χ1n) is 9.64. The highest BCUT2D eigenvalue weighted by Gasteiger charge is 2.21. The number of piperazine rings is 1. The molecule has 1 N–H and O–H groups in total. The van der Waals surface area contributed by atoms with Crippen molar-refractivity contribution in [1.29, 1.82) is 0 Å². The number of allylic oxidation sites excluding steroid dienone is 3. The maximum absolute atomic E-state index is 5.88. The molecule has 0 amide bonds. The van der Waals surface area contributed by atoms with Crippen molar-refractivity contribution in [1.82, 2.24) is 15.2 Å². The number of nitrogens with one attached hydrogen (secondary N) is 1. The molecule has 5 rings (SSSR count). The van der Waals surface area contributed by atoms with Gasteiger partial charge in [0.25, 0.3) is 0 Å². The van der Waals surface area contributed by atoms with Gasteiger partial charge in [-0.1, -0.05) is 30.3 Å². The van der Waals surface area contributed by atoms with Crippen LogP contribution in [0.5, 0.6) is 0 Å². The Bertz CT molecular complexity index is 1030. The second-order valence-electron chi connectivity index (χ2n) is 6.93. The van der Waals surface area contributed by atoms with Gasteiger partial charge < -0.3 is 19.5 Å². The zero-order valence-corrected chi connectivity index (χ0v) is 15.6. The molecule has 1 saturated heterocycles. The minimum absolute atomic E-state index is 0.630. The average molecular weight is 370 g/mol. The van der Waals surface area contributed by atoms with Crippen molar-refractivity contribution in [3.05, 3.63) is 90.2 Å². The van der Waals surface area contributed by atoms with Crippen LogP contribution in [0.3, 0.4) is 0 Å². The molecule has 0 saturated carbocycles. The van der Waals surface area contributed by atoms with Crippen LogP contribution in [0.1, 0.15) is 5.89 Å². The molecule has 3 aromatic rings. The van der Waals surface area contributed by atoms with Crippen LogP contribution < -0.4 is 10.2 Å². The van der Waals surface area contributed by atoms with E-state index in [0.29, 0.717) is 5.89 Å². The number of para-hydroxylation sites is 3. The molecule has 5 heteroatoms. The summed E-state index contributed by atoms with van der Waals surface area (Å²) in [7, 11) is 0. The highest BCUT2D eigenvalue weighted by atomic mass is 16.3. The lowest BCUT2D eigenvalue weighted by Gasteiger charge is -2.38. The van der Waals surface area contributed by atoms with E-state index < -0.39 is 0 Å². The topological polar surface area (TPSA) is 44.5 Å². The molecular weight excluding hydrogens is 348 g/mol. The summed E-state index contributed by atoms with van der Waals surface area (Å²) in [6, 6.07) is 18.3. The molecule has 3 heterocycles. The Kier molecular flexibility index (Phi) is 4.43. The number of hydrogen-bond donors (Lipinski definition) is 1. The highest BCUT2D eigenvalue weighted by Crippen LogP contribution is 2.28. The van der Waals surface area contributed by atoms with Crippen LogP contribution in [-0.2, 0) is 0 Å². The summed E-state index contributed by atoms with van der Waals surface area (Å²) in [4.78, 5) is 9.25. The summed E-state index contributed by atoms with van der Waals surface area (Å²) in [5, 5.41) is 3.43. The molecule has 0 spiro atoms. The van der Waals surface area contributed by atoms with Crippen LogP contribution in [0.2, 0.25) is 0 Å². The van der Waals surface area contributed by atoms with Gasteiger partial charge in [0.1, 0.15) is 11.3 Å². The second-order valence-corrected chi connectivity index (χ2v) is 6.93. The summed E-state index contributed by atoms with van der Waals surface area (Å²) in [6.07, 6.45) is 8.45. The van der Waals surface area contributed by atoms with Gasteiger partial charge in [0, 0.05) is 44.1 Å². The van der Waals surface area contributed by atoms with Crippen LogP contribution in [0.15, 0.2) is 88.8 Å². The molecule has 1 aromatic heterocycles. The first-order valence-corrected chi connectivity index (χ1v) is 9.64. The molecule has 0 aliphatic carbocycles. The van der Waals surface area contributed by atoms with Crippen LogP contribution >= 0.6 is 0 Å². The van der Waals surface area contributed by atoms with Crippen molar-refractivity contribution in [2.45, 2.75) is 0 Å². The maximum atomic E-state index is 5.88. The zero-order chi connectivity index (χ0) is 18.8. The molecule has 5 nitrogen and oxygen atoms in total. The Balaban J connectivity index is 1.51. The van der Waals surface area contributed by atoms with E-state index in [9.17, 15) is 0 Å². The number of fused-ring (bicyclic) bond motifs is 1. The van der Waals surface area contributed by atoms with E-state index in [0.717, 1.165) is 48.5 Å². The molecule has 0 unspecified atom stereocenters. The van der Waals surface area contributed by atoms with Gasteiger partial charge in [-0.05, 0) is 42.0 Å². The maximum Gasteiger partial charge on any atom is 0.220 e. The van der Waals surface area contributed by atoms with Gasteiger partial charge in [0.2, 0.25) is 5.89 Å². The summed E-state index contributed by atoms with van der Waals surface area (Å²) in [5.41, 5.74) is 3.93. The predicted octanol–water partition coefficient (Wildman–Crippen LogP) is 3.99. The van der Waals surface area contributed by atoms with E-state index >= 15 is 0 Å². The SMILES string of the molecule is C1=CN(c2ccccc2)C(N2CCNCC2)=CC1=Cc1nc2ccccc2o1. The van der Waals surface area contributed by atoms with Gasteiger partial charge in [-0.3, -0.25) is 0 Å². The van der Waals surface area contributed by atoms with Crippen molar-refractivity contribution >= 4 is 22.9 Å². The quantitative estimate of drug-likeness (QED) is 0.755. The Morgan fingerprint density at radius 1 is 0.964 bits per heavy atom. The molecule has 2 aliphatic rings. The third-order valence-electron chi connectivity index (χ3n) is 5.03. The van der Waals surface area contributed by atoms with Crippen LogP contribution in [0.25, 0.3) is 17.2 Å². The molecule has 140 valence electrons. The number of hydrogen-bond acceptors (Lipinski definition) is 5. The molecule has 0 radical (unpaired) electrons. The Labute approximate surface area is 164 Å². The van der Waals surface area contributed by atoms with Crippen molar-refractivity contribution in [3.63, 3.8) is 0 Å². The predicted molar refractivity (Wildman–Crippen MR) is 113 cm³/mol. The fourth-order valence-electron chi connectivity index (χ4n) is 3.63. The second kappa shape index (κ2) is 7.37. The molecule has 1 fully saturated rings. The van der Waals surface area contributed by atoms with Gasteiger partial charge >= 0.3 is 0 Å². The van der Waals surface area contributed by atoms with E-state index in [-0.39, 0.29) is 0 Å². The van der Waals surface area contributed by atoms with Gasteiger partial charge in [-0.2, -0.15) is 0 Å². The number of oxazole rings is 1. The van der Waals surface area contributed by atoms with Gasteiger partial charge in [0.15, 0.2) is 5.58 Å². The van der Waals surface area contributed by atoms with Gasteiger partial charge in [-0.15, -0.1) is 0 Å². The summed E-state index contributed by atoms with van der Waals surface area (Å²) in [5.74, 6) is 1.81. The zero-order valence-electron chi connectivity index (χ0n) is 15.6. The molecule has 0 bridgehead atoms. The molecule has 0 atom stereocenters. The minimum atomic E-state index is 0.630. The van der Waals surface area contributed by atoms with Crippen LogP contribution in [0.4, 0.5) is 5.69 Å². The molecule has 28 heavy (non-hydrogen) atoms. The molecule has 2 aromatic carbocycles. The lowest BCUT2D eigenvalue weighted by atomic mass is 10.1. The van der Waals surface area contributed by atoms with Crippen LogP contribution in [0, 0.1) is 0 Å². The van der Waals surface area contributed by atoms with Gasteiger partial charge in [-0.25, -0.2) is 4.98 Å². The Morgan fingerprint density at radius 2 is 1.75 bits per heavy atom. The van der Waals surface area contributed by atoms with E-state index in [4.69, 9.17) is 4.42 Å². The Hall–Kier alpha value is -3.31. The lowest BCUT2D eigenvalue weighted by Crippen LogP contribution is -2.46. The van der Waals surface area contributed by atoms with E-state index in [1.807, 2.05) is 36.4 Å². The normalized spacial score (nSPS) is 18.7.